The average molecular weight is 349 g/mol. The van der Waals surface area contributed by atoms with Crippen molar-refractivity contribution in [1.82, 2.24) is 10.6 Å². The molecule has 1 aliphatic heterocycles. The molecule has 0 saturated carbocycles. The minimum atomic E-state index is 0.0184. The van der Waals surface area contributed by atoms with E-state index in [1.54, 1.807) is 0 Å². The van der Waals surface area contributed by atoms with Crippen LogP contribution >= 0.6 is 31.9 Å². The number of hydrogen-bond acceptors (Lipinski definition) is 2. The van der Waals surface area contributed by atoms with Crippen LogP contribution in [0.3, 0.4) is 0 Å². The van der Waals surface area contributed by atoms with Crippen LogP contribution in [0, 0.1) is 0 Å². The highest BCUT2D eigenvalue weighted by molar-refractivity contribution is 9.11. The van der Waals surface area contributed by atoms with E-state index in [1.807, 2.05) is 12.1 Å². The summed E-state index contributed by atoms with van der Waals surface area (Å²) in [6.07, 6.45) is 0. The van der Waals surface area contributed by atoms with E-state index < -0.39 is 0 Å². The van der Waals surface area contributed by atoms with Crippen LogP contribution in [-0.4, -0.2) is 24.2 Å². The van der Waals surface area contributed by atoms with Crippen LogP contribution in [0.4, 0.5) is 5.69 Å². The van der Waals surface area contributed by atoms with Crippen molar-refractivity contribution in [3.63, 3.8) is 0 Å². The zero-order valence-electron chi connectivity index (χ0n) is 8.43. The Labute approximate surface area is 110 Å². The molecule has 0 unspecified atom stereocenters. The van der Waals surface area contributed by atoms with Gasteiger partial charge in [-0.05, 0) is 49.6 Å². The van der Waals surface area contributed by atoms with Crippen LogP contribution < -0.4 is 10.6 Å². The van der Waals surface area contributed by atoms with Gasteiger partial charge < -0.3 is 15.7 Å². The molecular weight excluding hydrogens is 338 g/mol. The second-order valence-electron chi connectivity index (χ2n) is 3.38. The van der Waals surface area contributed by atoms with E-state index in [1.165, 1.54) is 0 Å². The van der Waals surface area contributed by atoms with Gasteiger partial charge in [-0.1, -0.05) is 0 Å². The van der Waals surface area contributed by atoms with Gasteiger partial charge in [-0.3, -0.25) is 0 Å². The van der Waals surface area contributed by atoms with E-state index in [2.05, 4.69) is 47.5 Å². The summed E-state index contributed by atoms with van der Waals surface area (Å²) in [5.41, 5.74) is 1.66. The molecule has 0 radical (unpaired) electrons. The molecule has 3 N–H and O–H groups in total. The Morgan fingerprint density at radius 3 is 2.25 bits per heavy atom. The van der Waals surface area contributed by atoms with Crippen molar-refractivity contribution in [2.24, 2.45) is 4.99 Å². The van der Waals surface area contributed by atoms with Crippen LogP contribution in [0.2, 0.25) is 0 Å². The number of benzene rings is 1. The maximum atomic E-state index is 9.06. The number of nitrogens with one attached hydrogen (secondary N) is 2. The minimum Gasteiger partial charge on any atom is -0.392 e. The number of halogens is 2. The summed E-state index contributed by atoms with van der Waals surface area (Å²) in [6, 6.07) is 3.72. The molecule has 0 aromatic heterocycles. The fourth-order valence-corrected chi connectivity index (χ4v) is 2.89. The minimum absolute atomic E-state index is 0.0184. The molecule has 2 rings (SSSR count). The molecule has 6 heteroatoms. The third-order valence-corrected chi connectivity index (χ3v) is 3.40. The first-order valence-electron chi connectivity index (χ1n) is 4.86. The first-order chi connectivity index (χ1) is 7.70. The molecule has 1 saturated heterocycles. The van der Waals surface area contributed by atoms with Gasteiger partial charge in [0, 0.05) is 22.0 Å². The Balaban J connectivity index is 2.37. The van der Waals surface area contributed by atoms with Gasteiger partial charge in [-0.15, -0.1) is 0 Å². The van der Waals surface area contributed by atoms with Crippen LogP contribution in [0.1, 0.15) is 5.56 Å². The summed E-state index contributed by atoms with van der Waals surface area (Å²) in [6.45, 7) is 1.80. The molecule has 1 fully saturated rings. The first-order valence-corrected chi connectivity index (χ1v) is 6.44. The van der Waals surface area contributed by atoms with Gasteiger partial charge in [0.25, 0.3) is 0 Å². The Hall–Kier alpha value is -0.590. The maximum Gasteiger partial charge on any atom is 0.196 e. The predicted molar refractivity (Wildman–Crippen MR) is 70.9 cm³/mol. The van der Waals surface area contributed by atoms with Gasteiger partial charge in [0.2, 0.25) is 0 Å². The van der Waals surface area contributed by atoms with Crippen molar-refractivity contribution in [2.75, 3.05) is 13.1 Å². The zero-order valence-corrected chi connectivity index (χ0v) is 11.6. The Kier molecular flexibility index (Phi) is 3.83. The monoisotopic (exact) mass is 347 g/mol. The molecule has 0 bridgehead atoms. The molecule has 0 amide bonds. The van der Waals surface area contributed by atoms with E-state index in [4.69, 9.17) is 5.11 Å². The Morgan fingerprint density at radius 1 is 1.19 bits per heavy atom. The number of aliphatic imine (C=N–C) groups is 1. The molecule has 1 aromatic carbocycles. The molecular formula is C10H11Br2N3O. The molecule has 0 atom stereocenters. The number of aliphatic hydroxyl groups is 1. The third-order valence-electron chi connectivity index (χ3n) is 2.19. The fourth-order valence-electron chi connectivity index (χ4n) is 1.43. The van der Waals surface area contributed by atoms with Crippen LogP contribution in [0.25, 0.3) is 0 Å². The lowest BCUT2D eigenvalue weighted by Crippen LogP contribution is -2.23. The molecule has 1 aliphatic rings. The lowest BCUT2D eigenvalue weighted by molar-refractivity contribution is 0.281. The van der Waals surface area contributed by atoms with Crippen molar-refractivity contribution in [2.45, 2.75) is 6.61 Å². The predicted octanol–water partition coefficient (Wildman–Crippen LogP) is 1.88. The summed E-state index contributed by atoms with van der Waals surface area (Å²) < 4.78 is 1.71. The summed E-state index contributed by atoms with van der Waals surface area (Å²) in [5.74, 6) is 0.776. The normalized spacial score (nSPS) is 14.6. The summed E-state index contributed by atoms with van der Waals surface area (Å²) in [5, 5.41) is 15.3. The fraction of sp³-hybridized carbons (Fsp3) is 0.300. The van der Waals surface area contributed by atoms with Crippen molar-refractivity contribution in [3.05, 3.63) is 26.6 Å². The van der Waals surface area contributed by atoms with E-state index >= 15 is 0 Å². The van der Waals surface area contributed by atoms with Gasteiger partial charge in [0.05, 0.1) is 12.3 Å². The summed E-state index contributed by atoms with van der Waals surface area (Å²) in [7, 11) is 0. The van der Waals surface area contributed by atoms with Crippen molar-refractivity contribution in [1.29, 1.82) is 0 Å². The summed E-state index contributed by atoms with van der Waals surface area (Å²) in [4.78, 5) is 4.45. The molecule has 16 heavy (non-hydrogen) atoms. The van der Waals surface area contributed by atoms with E-state index in [9.17, 15) is 0 Å². The Morgan fingerprint density at radius 2 is 1.75 bits per heavy atom. The van der Waals surface area contributed by atoms with Gasteiger partial charge in [0.1, 0.15) is 0 Å². The van der Waals surface area contributed by atoms with Gasteiger partial charge >= 0.3 is 0 Å². The second kappa shape index (κ2) is 5.16. The smallest absolute Gasteiger partial charge is 0.196 e. The van der Waals surface area contributed by atoms with Crippen molar-refractivity contribution in [3.8, 4) is 0 Å². The van der Waals surface area contributed by atoms with Crippen LogP contribution in [0.5, 0.6) is 0 Å². The SMILES string of the molecule is OCc1cc(Br)c(N=C2NCCN2)c(Br)c1. The molecule has 86 valence electrons. The van der Waals surface area contributed by atoms with Crippen LogP contribution in [-0.2, 0) is 6.61 Å². The van der Waals surface area contributed by atoms with Gasteiger partial charge in [0.15, 0.2) is 5.96 Å². The first kappa shape index (κ1) is 11.9. The van der Waals surface area contributed by atoms with Crippen LogP contribution in [0.15, 0.2) is 26.1 Å². The maximum absolute atomic E-state index is 9.06. The third kappa shape index (κ3) is 2.56. The molecule has 1 heterocycles. The Bertz CT molecular complexity index is 403. The summed E-state index contributed by atoms with van der Waals surface area (Å²) >= 11 is 6.88. The highest BCUT2D eigenvalue weighted by Gasteiger charge is 2.10. The number of aliphatic hydroxyl groups excluding tert-OH is 1. The van der Waals surface area contributed by atoms with Gasteiger partial charge in [-0.25, -0.2) is 4.99 Å². The number of nitrogens with zero attached hydrogens (tertiary/aromatic N) is 1. The highest BCUT2D eigenvalue weighted by Crippen LogP contribution is 2.35. The molecule has 1 aromatic rings. The largest absolute Gasteiger partial charge is 0.392 e. The molecule has 0 aliphatic carbocycles. The topological polar surface area (TPSA) is 56.7 Å². The lowest BCUT2D eigenvalue weighted by atomic mass is 10.2. The van der Waals surface area contributed by atoms with Gasteiger partial charge in [-0.2, -0.15) is 0 Å². The average Bonchev–Trinajstić information content (AvgIpc) is 2.75. The van der Waals surface area contributed by atoms with E-state index in [0.717, 1.165) is 39.2 Å². The number of hydrogen-bond donors (Lipinski definition) is 3. The van der Waals surface area contributed by atoms with E-state index in [-0.39, 0.29) is 6.61 Å². The molecule has 0 spiro atoms. The van der Waals surface area contributed by atoms with Crippen molar-refractivity contribution < 1.29 is 5.11 Å². The molecule has 4 nitrogen and oxygen atoms in total. The standard InChI is InChI=1S/C10H11Br2N3O/c11-7-3-6(5-16)4-8(12)9(7)15-10-13-1-2-14-10/h3-4,16H,1-2,5H2,(H2,13,14,15). The second-order valence-corrected chi connectivity index (χ2v) is 5.09. The quantitative estimate of drug-likeness (QED) is 0.765. The number of rotatable bonds is 2. The number of guanidine groups is 1. The lowest BCUT2D eigenvalue weighted by Gasteiger charge is -2.06. The van der Waals surface area contributed by atoms with Crippen molar-refractivity contribution >= 4 is 43.5 Å². The zero-order chi connectivity index (χ0) is 11.5. The highest BCUT2D eigenvalue weighted by atomic mass is 79.9. The van der Waals surface area contributed by atoms with E-state index in [0.29, 0.717) is 0 Å².